The Morgan fingerprint density at radius 1 is 1.50 bits per heavy atom. The summed E-state index contributed by atoms with van der Waals surface area (Å²) < 4.78 is 0. The number of amides is 1. The third-order valence-corrected chi connectivity index (χ3v) is 4.12. The van der Waals surface area contributed by atoms with E-state index in [9.17, 15) is 4.79 Å². The maximum atomic E-state index is 11.7. The topological polar surface area (TPSA) is 98.1 Å². The Morgan fingerprint density at radius 3 is 3.00 bits per heavy atom. The number of likely N-dealkylation sites (tertiary alicyclic amines) is 1. The molecule has 1 saturated heterocycles. The van der Waals surface area contributed by atoms with E-state index in [1.807, 2.05) is 6.07 Å². The summed E-state index contributed by atoms with van der Waals surface area (Å²) in [5.74, 6) is 0.499. The summed E-state index contributed by atoms with van der Waals surface area (Å²) in [6.07, 6.45) is 2.18. The molecule has 0 unspecified atom stereocenters. The van der Waals surface area contributed by atoms with Crippen LogP contribution in [0.1, 0.15) is 11.3 Å². The van der Waals surface area contributed by atoms with Crippen LogP contribution in [0.15, 0.2) is 12.4 Å². The second-order valence-electron chi connectivity index (χ2n) is 4.35. The van der Waals surface area contributed by atoms with E-state index < -0.39 is 0 Å². The molecule has 3 rings (SSSR count). The molecule has 3 heterocycles. The molecule has 18 heavy (non-hydrogen) atoms. The highest BCUT2D eigenvalue weighted by Crippen LogP contribution is 2.28. The van der Waals surface area contributed by atoms with Gasteiger partial charge in [0.1, 0.15) is 17.0 Å². The van der Waals surface area contributed by atoms with Gasteiger partial charge in [0.2, 0.25) is 5.91 Å². The molecule has 4 N–H and O–H groups in total. The van der Waals surface area contributed by atoms with Crippen LogP contribution in [0.25, 0.3) is 10.2 Å². The highest BCUT2D eigenvalue weighted by molar-refractivity contribution is 7.18. The Bertz CT molecular complexity index is 610. The van der Waals surface area contributed by atoms with E-state index in [0.29, 0.717) is 12.4 Å². The van der Waals surface area contributed by atoms with Gasteiger partial charge < -0.3 is 16.4 Å². The Balaban J connectivity index is 1.87. The largest absolute Gasteiger partial charge is 0.383 e. The van der Waals surface area contributed by atoms with Crippen LogP contribution in [0.4, 0.5) is 5.82 Å². The highest BCUT2D eigenvalue weighted by atomic mass is 32.1. The number of carbonyl (C=O) groups excluding carboxylic acids is 1. The number of aromatic nitrogens is 2. The van der Waals surface area contributed by atoms with E-state index >= 15 is 0 Å². The molecule has 1 amide bonds. The average Bonchev–Trinajstić information content (AvgIpc) is 2.89. The van der Waals surface area contributed by atoms with Crippen molar-refractivity contribution in [2.24, 2.45) is 5.73 Å². The number of thiophene rings is 1. The molecule has 1 aliphatic rings. The number of rotatable bonds is 2. The van der Waals surface area contributed by atoms with Gasteiger partial charge in [0, 0.05) is 11.4 Å². The minimum absolute atomic E-state index is 0.0199. The SMILES string of the molecule is Nc1ncnc2sc(CN3CC[C@H](N)C3=O)cc12. The molecule has 1 fully saturated rings. The number of nitrogens with two attached hydrogens (primary N) is 2. The van der Waals surface area contributed by atoms with Crippen molar-refractivity contribution < 1.29 is 4.79 Å². The van der Waals surface area contributed by atoms with Crippen LogP contribution in [-0.4, -0.2) is 33.4 Å². The Hall–Kier alpha value is -1.73. The first-order valence-electron chi connectivity index (χ1n) is 5.68. The summed E-state index contributed by atoms with van der Waals surface area (Å²) in [5.41, 5.74) is 11.5. The number of nitrogen functional groups attached to an aromatic ring is 1. The van der Waals surface area contributed by atoms with Gasteiger partial charge in [-0.2, -0.15) is 0 Å². The fraction of sp³-hybridized carbons (Fsp3) is 0.364. The monoisotopic (exact) mass is 263 g/mol. The van der Waals surface area contributed by atoms with Crippen molar-refractivity contribution in [1.29, 1.82) is 0 Å². The van der Waals surface area contributed by atoms with E-state index in [2.05, 4.69) is 9.97 Å². The second-order valence-corrected chi connectivity index (χ2v) is 5.46. The first-order valence-corrected chi connectivity index (χ1v) is 6.50. The normalized spacial score (nSPS) is 19.9. The number of fused-ring (bicyclic) bond motifs is 1. The van der Waals surface area contributed by atoms with Gasteiger partial charge in [0.05, 0.1) is 18.0 Å². The van der Waals surface area contributed by atoms with E-state index in [-0.39, 0.29) is 11.9 Å². The molecule has 1 aliphatic heterocycles. The van der Waals surface area contributed by atoms with Gasteiger partial charge >= 0.3 is 0 Å². The van der Waals surface area contributed by atoms with Crippen molar-refractivity contribution in [3.05, 3.63) is 17.3 Å². The summed E-state index contributed by atoms with van der Waals surface area (Å²) in [7, 11) is 0. The number of carbonyl (C=O) groups is 1. The molecule has 0 aliphatic carbocycles. The quantitative estimate of drug-likeness (QED) is 0.813. The summed E-state index contributed by atoms with van der Waals surface area (Å²) >= 11 is 1.54. The van der Waals surface area contributed by atoms with E-state index in [1.54, 1.807) is 4.90 Å². The predicted octanol–water partition coefficient (Wildman–Crippen LogP) is 0.333. The first-order chi connectivity index (χ1) is 8.65. The van der Waals surface area contributed by atoms with Gasteiger partial charge in [0.25, 0.3) is 0 Å². The number of hydrogen-bond acceptors (Lipinski definition) is 6. The minimum Gasteiger partial charge on any atom is -0.383 e. The van der Waals surface area contributed by atoms with Crippen LogP contribution in [-0.2, 0) is 11.3 Å². The van der Waals surface area contributed by atoms with Gasteiger partial charge in [-0.25, -0.2) is 9.97 Å². The fourth-order valence-electron chi connectivity index (χ4n) is 2.11. The molecular weight excluding hydrogens is 250 g/mol. The molecule has 94 valence electrons. The van der Waals surface area contributed by atoms with Crippen LogP contribution in [0.3, 0.4) is 0 Å². The lowest BCUT2D eigenvalue weighted by Crippen LogP contribution is -2.33. The second kappa shape index (κ2) is 4.18. The van der Waals surface area contributed by atoms with Crippen molar-refractivity contribution in [2.45, 2.75) is 19.0 Å². The smallest absolute Gasteiger partial charge is 0.239 e. The molecule has 1 atom stereocenters. The van der Waals surface area contributed by atoms with Gasteiger partial charge in [-0.3, -0.25) is 4.79 Å². The third kappa shape index (κ3) is 1.81. The van der Waals surface area contributed by atoms with E-state index in [4.69, 9.17) is 11.5 Å². The van der Waals surface area contributed by atoms with Crippen LogP contribution < -0.4 is 11.5 Å². The fourth-order valence-corrected chi connectivity index (χ4v) is 3.13. The Kier molecular flexibility index (Phi) is 2.64. The molecule has 0 spiro atoms. The summed E-state index contributed by atoms with van der Waals surface area (Å²) in [4.78, 5) is 23.6. The van der Waals surface area contributed by atoms with Gasteiger partial charge in [-0.1, -0.05) is 0 Å². The molecular formula is C11H13N5OS. The van der Waals surface area contributed by atoms with Crippen molar-refractivity contribution in [1.82, 2.24) is 14.9 Å². The summed E-state index contributed by atoms with van der Waals surface area (Å²) in [6, 6.07) is 1.61. The lowest BCUT2D eigenvalue weighted by molar-refractivity contribution is -0.129. The van der Waals surface area contributed by atoms with Crippen LogP contribution in [0.5, 0.6) is 0 Å². The van der Waals surface area contributed by atoms with Crippen molar-refractivity contribution in [2.75, 3.05) is 12.3 Å². The zero-order chi connectivity index (χ0) is 12.7. The van der Waals surface area contributed by atoms with Crippen molar-refractivity contribution >= 4 is 33.3 Å². The molecule has 0 bridgehead atoms. The predicted molar refractivity (Wildman–Crippen MR) is 69.8 cm³/mol. The van der Waals surface area contributed by atoms with Crippen LogP contribution in [0, 0.1) is 0 Å². The van der Waals surface area contributed by atoms with E-state index in [0.717, 1.165) is 28.1 Å². The van der Waals surface area contributed by atoms with Crippen molar-refractivity contribution in [3.63, 3.8) is 0 Å². The molecule has 0 radical (unpaired) electrons. The van der Waals surface area contributed by atoms with Crippen molar-refractivity contribution in [3.8, 4) is 0 Å². The average molecular weight is 263 g/mol. The van der Waals surface area contributed by atoms with Crippen LogP contribution in [0.2, 0.25) is 0 Å². The molecule has 6 nitrogen and oxygen atoms in total. The first kappa shape index (κ1) is 11.4. The molecule has 0 saturated carbocycles. The summed E-state index contributed by atoms with van der Waals surface area (Å²) in [5, 5.41) is 0.855. The zero-order valence-corrected chi connectivity index (χ0v) is 10.5. The zero-order valence-electron chi connectivity index (χ0n) is 9.67. The molecule has 2 aromatic rings. The van der Waals surface area contributed by atoms with E-state index in [1.165, 1.54) is 17.7 Å². The van der Waals surface area contributed by atoms with Gasteiger partial charge in [-0.05, 0) is 12.5 Å². The Morgan fingerprint density at radius 2 is 2.33 bits per heavy atom. The maximum absolute atomic E-state index is 11.7. The third-order valence-electron chi connectivity index (χ3n) is 3.10. The standard InChI is InChI=1S/C11H13N5OS/c12-8-1-2-16(11(8)17)4-6-3-7-9(13)14-5-15-10(7)18-6/h3,5,8H,1-2,4,12H2,(H2,13,14,15)/t8-/m0/s1. The number of nitrogens with zero attached hydrogens (tertiary/aromatic N) is 3. The van der Waals surface area contributed by atoms with Crippen LogP contribution >= 0.6 is 11.3 Å². The lowest BCUT2D eigenvalue weighted by Gasteiger charge is -2.14. The van der Waals surface area contributed by atoms with Gasteiger partial charge in [0.15, 0.2) is 0 Å². The molecule has 0 aromatic carbocycles. The number of anilines is 1. The Labute approximate surface area is 108 Å². The molecule has 2 aromatic heterocycles. The maximum Gasteiger partial charge on any atom is 0.239 e. The summed E-state index contributed by atoms with van der Waals surface area (Å²) in [6.45, 7) is 1.29. The lowest BCUT2D eigenvalue weighted by atomic mass is 10.3. The molecule has 7 heteroatoms. The number of hydrogen-bond donors (Lipinski definition) is 2. The van der Waals surface area contributed by atoms with Gasteiger partial charge in [-0.15, -0.1) is 11.3 Å². The minimum atomic E-state index is -0.343. The highest BCUT2D eigenvalue weighted by Gasteiger charge is 2.28.